The molecule has 0 fully saturated rings. The van der Waals surface area contributed by atoms with E-state index < -0.39 is 11.2 Å². The zero-order valence-corrected chi connectivity index (χ0v) is 12.7. The quantitative estimate of drug-likeness (QED) is 0.655. The number of pyridine rings is 1. The number of halogens is 1. The lowest BCUT2D eigenvalue weighted by atomic mass is 10.2. The second-order valence-corrected chi connectivity index (χ2v) is 6.31. The fourth-order valence-electron chi connectivity index (χ4n) is 1.66. The molecule has 1 aromatic heterocycles. The Hall–Kier alpha value is -0.820. The van der Waals surface area contributed by atoms with E-state index in [0.29, 0.717) is 6.42 Å². The number of carboxylic acid groups (broad SMARTS) is 1. The molecule has 0 aliphatic heterocycles. The maximum Gasteiger partial charge on any atom is 0.316 e. The molecule has 2 rings (SSSR count). The molecule has 0 spiro atoms. The SMILES string of the molecule is CCC(Sc1ccnc2ccc(I)cc12)C(=O)O. The van der Waals surface area contributed by atoms with E-state index in [4.69, 9.17) is 5.11 Å². The Morgan fingerprint density at radius 3 is 2.94 bits per heavy atom. The van der Waals surface area contributed by atoms with Gasteiger partial charge in [0, 0.05) is 20.0 Å². The molecule has 0 radical (unpaired) electrons. The van der Waals surface area contributed by atoms with Crippen LogP contribution in [0.5, 0.6) is 0 Å². The normalized spacial score (nSPS) is 12.6. The highest BCUT2D eigenvalue weighted by Gasteiger charge is 2.17. The first kappa shape index (κ1) is 13.6. The van der Waals surface area contributed by atoms with Crippen molar-refractivity contribution in [1.82, 2.24) is 4.98 Å². The minimum atomic E-state index is -0.766. The lowest BCUT2D eigenvalue weighted by molar-refractivity contribution is -0.136. The number of nitrogens with zero attached hydrogens (tertiary/aromatic N) is 1. The summed E-state index contributed by atoms with van der Waals surface area (Å²) in [5, 5.41) is 9.74. The van der Waals surface area contributed by atoms with Crippen LogP contribution < -0.4 is 0 Å². The second kappa shape index (κ2) is 5.88. The molecule has 0 saturated carbocycles. The molecule has 18 heavy (non-hydrogen) atoms. The maximum absolute atomic E-state index is 11.1. The van der Waals surface area contributed by atoms with E-state index in [0.717, 1.165) is 19.4 Å². The van der Waals surface area contributed by atoms with Crippen LogP contribution in [0.1, 0.15) is 13.3 Å². The van der Waals surface area contributed by atoms with E-state index in [1.165, 1.54) is 11.8 Å². The summed E-state index contributed by atoms with van der Waals surface area (Å²) < 4.78 is 1.12. The predicted molar refractivity (Wildman–Crippen MR) is 82.0 cm³/mol. The Morgan fingerprint density at radius 2 is 2.28 bits per heavy atom. The van der Waals surface area contributed by atoms with E-state index in [2.05, 4.69) is 27.6 Å². The van der Waals surface area contributed by atoms with E-state index in [-0.39, 0.29) is 0 Å². The summed E-state index contributed by atoms with van der Waals surface area (Å²) in [7, 11) is 0. The van der Waals surface area contributed by atoms with E-state index in [9.17, 15) is 4.79 Å². The monoisotopic (exact) mass is 373 g/mol. The van der Waals surface area contributed by atoms with E-state index >= 15 is 0 Å². The molecule has 5 heteroatoms. The van der Waals surface area contributed by atoms with Crippen LogP contribution in [-0.2, 0) is 4.79 Å². The van der Waals surface area contributed by atoms with Gasteiger partial charge in [-0.2, -0.15) is 0 Å². The summed E-state index contributed by atoms with van der Waals surface area (Å²) in [4.78, 5) is 16.4. The largest absolute Gasteiger partial charge is 0.480 e. The van der Waals surface area contributed by atoms with Crippen molar-refractivity contribution >= 4 is 51.2 Å². The van der Waals surface area contributed by atoms with Crippen LogP contribution in [0.3, 0.4) is 0 Å². The molecule has 1 atom stereocenters. The van der Waals surface area contributed by atoms with E-state index in [1.807, 2.05) is 31.2 Å². The van der Waals surface area contributed by atoms with Crippen LogP contribution in [-0.4, -0.2) is 21.3 Å². The van der Waals surface area contributed by atoms with Crippen molar-refractivity contribution in [3.63, 3.8) is 0 Å². The van der Waals surface area contributed by atoms with Crippen LogP contribution in [0, 0.1) is 3.57 Å². The fourth-order valence-corrected chi connectivity index (χ4v) is 3.15. The highest BCUT2D eigenvalue weighted by atomic mass is 127. The van der Waals surface area contributed by atoms with Crippen molar-refractivity contribution in [3.8, 4) is 0 Å². The summed E-state index contributed by atoms with van der Waals surface area (Å²) in [6.07, 6.45) is 2.33. The highest BCUT2D eigenvalue weighted by Crippen LogP contribution is 2.32. The molecule has 0 amide bonds. The molecule has 1 heterocycles. The summed E-state index contributed by atoms with van der Waals surface area (Å²) >= 11 is 3.64. The number of hydrogen-bond acceptors (Lipinski definition) is 3. The van der Waals surface area contributed by atoms with E-state index in [1.54, 1.807) is 6.20 Å². The Kier molecular flexibility index (Phi) is 4.45. The molecule has 2 aromatic rings. The van der Waals surface area contributed by atoms with Gasteiger partial charge in [0.15, 0.2) is 0 Å². The van der Waals surface area contributed by atoms with Gasteiger partial charge in [-0.3, -0.25) is 9.78 Å². The number of aromatic nitrogens is 1. The lowest BCUT2D eigenvalue weighted by Crippen LogP contribution is -2.14. The Labute approximate surface area is 123 Å². The third-order valence-corrected chi connectivity index (χ3v) is 4.68. The zero-order valence-electron chi connectivity index (χ0n) is 9.76. The summed E-state index contributed by atoms with van der Waals surface area (Å²) in [5.74, 6) is -0.766. The molecule has 1 unspecified atom stereocenters. The number of benzene rings is 1. The van der Waals surface area contributed by atoms with Gasteiger partial charge in [-0.05, 0) is 53.3 Å². The first-order valence-electron chi connectivity index (χ1n) is 5.55. The van der Waals surface area contributed by atoms with Gasteiger partial charge in [-0.15, -0.1) is 11.8 Å². The molecule has 0 saturated heterocycles. The van der Waals surface area contributed by atoms with Crippen molar-refractivity contribution in [2.45, 2.75) is 23.5 Å². The van der Waals surface area contributed by atoms with Gasteiger partial charge in [-0.1, -0.05) is 6.92 Å². The minimum Gasteiger partial charge on any atom is -0.480 e. The number of aliphatic carboxylic acids is 1. The molecule has 0 aliphatic carbocycles. The van der Waals surface area contributed by atoms with Crippen LogP contribution >= 0.6 is 34.4 Å². The average Bonchev–Trinajstić information content (AvgIpc) is 2.35. The maximum atomic E-state index is 11.1. The van der Waals surface area contributed by atoms with Crippen LogP contribution in [0.25, 0.3) is 10.9 Å². The number of rotatable bonds is 4. The van der Waals surface area contributed by atoms with Gasteiger partial charge >= 0.3 is 5.97 Å². The zero-order chi connectivity index (χ0) is 13.1. The fraction of sp³-hybridized carbons (Fsp3) is 0.231. The van der Waals surface area contributed by atoms with Gasteiger partial charge in [0.1, 0.15) is 5.25 Å². The summed E-state index contributed by atoms with van der Waals surface area (Å²) in [6.45, 7) is 1.89. The van der Waals surface area contributed by atoms with Gasteiger partial charge in [0.2, 0.25) is 0 Å². The van der Waals surface area contributed by atoms with Gasteiger partial charge in [0.25, 0.3) is 0 Å². The van der Waals surface area contributed by atoms with Crippen molar-refractivity contribution in [1.29, 1.82) is 0 Å². The molecule has 0 aliphatic rings. The molecule has 94 valence electrons. The number of thioether (sulfide) groups is 1. The number of carbonyl (C=O) groups is 1. The Morgan fingerprint density at radius 1 is 1.50 bits per heavy atom. The smallest absolute Gasteiger partial charge is 0.316 e. The first-order valence-corrected chi connectivity index (χ1v) is 7.51. The molecular formula is C13H12INO2S. The van der Waals surface area contributed by atoms with Crippen molar-refractivity contribution in [2.24, 2.45) is 0 Å². The van der Waals surface area contributed by atoms with Crippen LogP contribution in [0.2, 0.25) is 0 Å². The molecule has 0 bridgehead atoms. The van der Waals surface area contributed by atoms with Gasteiger partial charge in [-0.25, -0.2) is 0 Å². The third kappa shape index (κ3) is 2.95. The van der Waals surface area contributed by atoms with Gasteiger partial charge in [0.05, 0.1) is 5.52 Å². The molecular weight excluding hydrogens is 361 g/mol. The Balaban J connectivity index is 2.44. The number of hydrogen-bond donors (Lipinski definition) is 1. The minimum absolute atomic E-state index is 0.409. The number of fused-ring (bicyclic) bond motifs is 1. The molecule has 1 aromatic carbocycles. The third-order valence-electron chi connectivity index (χ3n) is 2.58. The van der Waals surface area contributed by atoms with Crippen LogP contribution in [0.4, 0.5) is 0 Å². The highest BCUT2D eigenvalue weighted by molar-refractivity contribution is 14.1. The average molecular weight is 373 g/mol. The van der Waals surface area contributed by atoms with Crippen molar-refractivity contribution in [2.75, 3.05) is 0 Å². The second-order valence-electron chi connectivity index (χ2n) is 3.82. The topological polar surface area (TPSA) is 50.2 Å². The first-order chi connectivity index (χ1) is 8.61. The van der Waals surface area contributed by atoms with Crippen molar-refractivity contribution in [3.05, 3.63) is 34.0 Å². The standard InChI is InChI=1S/C13H12INO2S/c1-2-11(13(16)17)18-12-5-6-15-10-4-3-8(14)7-9(10)12/h3-7,11H,2H2,1H3,(H,16,17). The summed E-state index contributed by atoms with van der Waals surface area (Å²) in [6, 6.07) is 7.89. The van der Waals surface area contributed by atoms with Gasteiger partial charge < -0.3 is 5.11 Å². The summed E-state index contributed by atoms with van der Waals surface area (Å²) in [5.41, 5.74) is 0.903. The van der Waals surface area contributed by atoms with Crippen molar-refractivity contribution < 1.29 is 9.90 Å². The van der Waals surface area contributed by atoms with Crippen LogP contribution in [0.15, 0.2) is 35.4 Å². The molecule has 3 nitrogen and oxygen atoms in total. The lowest BCUT2D eigenvalue weighted by Gasteiger charge is -2.11. The number of carboxylic acids is 1. The predicted octanol–water partition coefficient (Wildman–Crippen LogP) is 3.79. The Bertz CT molecular complexity index is 588. The molecule has 1 N–H and O–H groups in total.